The maximum absolute atomic E-state index is 11.3. The van der Waals surface area contributed by atoms with E-state index in [2.05, 4.69) is 0 Å². The summed E-state index contributed by atoms with van der Waals surface area (Å²) >= 11 is 0. The number of carbonyl (C=O) groups excluding carboxylic acids is 1. The van der Waals surface area contributed by atoms with E-state index in [1.54, 1.807) is 0 Å². The molecular formula is C11H16O2. The number of hydrogen-bond acceptors (Lipinski definition) is 2. The van der Waals surface area contributed by atoms with E-state index in [0.29, 0.717) is 18.3 Å². The van der Waals surface area contributed by atoms with Gasteiger partial charge in [-0.15, -0.1) is 0 Å². The average Bonchev–Trinajstić information content (AvgIpc) is 2.57. The molecule has 1 saturated heterocycles. The second kappa shape index (κ2) is 2.49. The summed E-state index contributed by atoms with van der Waals surface area (Å²) in [5.74, 6) is 1.35. The molecular weight excluding hydrogens is 164 g/mol. The fraction of sp³-hybridized carbons (Fsp3) is 0.909. The first-order chi connectivity index (χ1) is 6.31. The number of rotatable bonds is 0. The Bertz CT molecular complexity index is 246. The zero-order valence-electron chi connectivity index (χ0n) is 7.92. The topological polar surface area (TPSA) is 26.3 Å². The molecule has 0 bridgehead atoms. The third-order valence-corrected chi connectivity index (χ3v) is 4.33. The van der Waals surface area contributed by atoms with Crippen molar-refractivity contribution in [2.75, 3.05) is 0 Å². The van der Waals surface area contributed by atoms with Crippen molar-refractivity contribution >= 4 is 5.97 Å². The highest BCUT2D eigenvalue weighted by Crippen LogP contribution is 2.55. The third-order valence-electron chi connectivity index (χ3n) is 4.33. The Hall–Kier alpha value is -0.530. The van der Waals surface area contributed by atoms with Crippen LogP contribution in [0.25, 0.3) is 0 Å². The zero-order valence-corrected chi connectivity index (χ0v) is 7.92. The van der Waals surface area contributed by atoms with E-state index in [1.807, 2.05) is 0 Å². The average molecular weight is 180 g/mol. The van der Waals surface area contributed by atoms with Gasteiger partial charge in [-0.3, -0.25) is 4.79 Å². The Labute approximate surface area is 78.6 Å². The number of hydrogen-bond donors (Lipinski definition) is 0. The Morgan fingerprint density at radius 1 is 1.15 bits per heavy atom. The van der Waals surface area contributed by atoms with E-state index in [0.717, 1.165) is 6.42 Å². The van der Waals surface area contributed by atoms with E-state index in [1.165, 1.54) is 32.1 Å². The van der Waals surface area contributed by atoms with Gasteiger partial charge in [-0.05, 0) is 38.0 Å². The van der Waals surface area contributed by atoms with Crippen molar-refractivity contribution in [3.8, 4) is 0 Å². The zero-order chi connectivity index (χ0) is 8.89. The maximum Gasteiger partial charge on any atom is 0.306 e. The molecule has 2 heteroatoms. The van der Waals surface area contributed by atoms with Crippen LogP contribution >= 0.6 is 0 Å². The molecule has 0 unspecified atom stereocenters. The van der Waals surface area contributed by atoms with Gasteiger partial charge in [0.1, 0.15) is 5.60 Å². The first kappa shape index (κ1) is 7.84. The molecule has 0 amide bonds. The van der Waals surface area contributed by atoms with Crippen LogP contribution in [0.5, 0.6) is 0 Å². The van der Waals surface area contributed by atoms with Crippen molar-refractivity contribution in [3.63, 3.8) is 0 Å². The van der Waals surface area contributed by atoms with Crippen LogP contribution in [0.15, 0.2) is 0 Å². The number of ether oxygens (including phenoxy) is 1. The van der Waals surface area contributed by atoms with Crippen molar-refractivity contribution in [2.45, 2.75) is 50.5 Å². The number of carbonyl (C=O) groups is 1. The van der Waals surface area contributed by atoms with Crippen LogP contribution < -0.4 is 0 Å². The first-order valence-electron chi connectivity index (χ1n) is 5.53. The predicted octanol–water partition coefficient (Wildman–Crippen LogP) is 2.27. The lowest BCUT2D eigenvalue weighted by Crippen LogP contribution is -2.40. The van der Waals surface area contributed by atoms with E-state index in [4.69, 9.17) is 4.74 Å². The highest BCUT2D eigenvalue weighted by molar-refractivity contribution is 5.73. The molecule has 1 aliphatic heterocycles. The summed E-state index contributed by atoms with van der Waals surface area (Å²) in [6.07, 6.45) is 8.29. The summed E-state index contributed by atoms with van der Waals surface area (Å²) in [4.78, 5) is 11.3. The summed E-state index contributed by atoms with van der Waals surface area (Å²) in [6, 6.07) is 0. The highest BCUT2D eigenvalue weighted by Gasteiger charge is 2.58. The van der Waals surface area contributed by atoms with Gasteiger partial charge in [0.2, 0.25) is 0 Å². The minimum Gasteiger partial charge on any atom is -0.458 e. The van der Waals surface area contributed by atoms with Gasteiger partial charge in [0, 0.05) is 5.92 Å². The Morgan fingerprint density at radius 3 is 2.92 bits per heavy atom. The van der Waals surface area contributed by atoms with E-state index >= 15 is 0 Å². The lowest BCUT2D eigenvalue weighted by atomic mass is 9.74. The Balaban J connectivity index is 1.94. The lowest BCUT2D eigenvalue weighted by molar-refractivity contribution is -0.155. The van der Waals surface area contributed by atoms with Crippen molar-refractivity contribution in [1.82, 2.24) is 0 Å². The summed E-state index contributed by atoms with van der Waals surface area (Å²) < 4.78 is 5.64. The minimum absolute atomic E-state index is 0.0231. The SMILES string of the molecule is O=C1C[C@@H]2CC[C@@H]3CCCC[C@]32O1. The van der Waals surface area contributed by atoms with E-state index < -0.39 is 0 Å². The molecule has 0 aromatic rings. The van der Waals surface area contributed by atoms with Gasteiger partial charge >= 0.3 is 5.97 Å². The van der Waals surface area contributed by atoms with Crippen molar-refractivity contribution < 1.29 is 9.53 Å². The molecule has 3 aliphatic rings. The summed E-state index contributed by atoms with van der Waals surface area (Å²) in [5, 5.41) is 0. The van der Waals surface area contributed by atoms with Crippen LogP contribution in [0.2, 0.25) is 0 Å². The lowest BCUT2D eigenvalue weighted by Gasteiger charge is -2.37. The van der Waals surface area contributed by atoms with Gasteiger partial charge in [0.25, 0.3) is 0 Å². The van der Waals surface area contributed by atoms with Crippen molar-refractivity contribution in [3.05, 3.63) is 0 Å². The summed E-state index contributed by atoms with van der Waals surface area (Å²) in [5.41, 5.74) is 0.0231. The van der Waals surface area contributed by atoms with E-state index in [-0.39, 0.29) is 11.6 Å². The van der Waals surface area contributed by atoms with Gasteiger partial charge in [-0.1, -0.05) is 6.42 Å². The molecule has 13 heavy (non-hydrogen) atoms. The molecule has 0 aromatic carbocycles. The first-order valence-corrected chi connectivity index (χ1v) is 5.53. The molecule has 1 heterocycles. The van der Waals surface area contributed by atoms with Crippen LogP contribution in [0.3, 0.4) is 0 Å². The molecule has 0 N–H and O–H groups in total. The molecule has 2 aliphatic carbocycles. The molecule has 3 rings (SSSR count). The van der Waals surface area contributed by atoms with Gasteiger partial charge in [-0.25, -0.2) is 0 Å². The van der Waals surface area contributed by atoms with Gasteiger partial charge in [0.05, 0.1) is 6.42 Å². The molecule has 3 fully saturated rings. The van der Waals surface area contributed by atoms with E-state index in [9.17, 15) is 4.79 Å². The summed E-state index contributed by atoms with van der Waals surface area (Å²) in [6.45, 7) is 0. The van der Waals surface area contributed by atoms with Crippen LogP contribution in [0.1, 0.15) is 44.9 Å². The second-order valence-electron chi connectivity index (χ2n) is 4.85. The van der Waals surface area contributed by atoms with Gasteiger partial charge in [-0.2, -0.15) is 0 Å². The largest absolute Gasteiger partial charge is 0.458 e. The standard InChI is InChI=1S/C11H16O2/c12-10-7-9-5-4-8-3-1-2-6-11(8,9)13-10/h8-9H,1-7H2/t8-,9-,11-/m0/s1. The van der Waals surface area contributed by atoms with Crippen molar-refractivity contribution in [2.24, 2.45) is 11.8 Å². The second-order valence-corrected chi connectivity index (χ2v) is 4.85. The smallest absolute Gasteiger partial charge is 0.306 e. The normalized spacial score (nSPS) is 48.5. The predicted molar refractivity (Wildman–Crippen MR) is 48.1 cm³/mol. The van der Waals surface area contributed by atoms with Crippen LogP contribution in [-0.2, 0) is 9.53 Å². The molecule has 0 aromatic heterocycles. The quantitative estimate of drug-likeness (QED) is 0.534. The van der Waals surface area contributed by atoms with Gasteiger partial charge in [0.15, 0.2) is 0 Å². The number of esters is 1. The highest BCUT2D eigenvalue weighted by atomic mass is 16.6. The molecule has 1 spiro atoms. The molecule has 2 saturated carbocycles. The Morgan fingerprint density at radius 2 is 2.00 bits per heavy atom. The molecule has 0 radical (unpaired) electrons. The monoisotopic (exact) mass is 180 g/mol. The van der Waals surface area contributed by atoms with Crippen LogP contribution in [0, 0.1) is 11.8 Å². The van der Waals surface area contributed by atoms with Crippen LogP contribution in [-0.4, -0.2) is 11.6 Å². The maximum atomic E-state index is 11.3. The fourth-order valence-corrected chi connectivity index (χ4v) is 3.76. The van der Waals surface area contributed by atoms with Crippen molar-refractivity contribution in [1.29, 1.82) is 0 Å². The summed E-state index contributed by atoms with van der Waals surface area (Å²) in [7, 11) is 0. The Kier molecular flexibility index (Phi) is 1.50. The fourth-order valence-electron chi connectivity index (χ4n) is 3.76. The third kappa shape index (κ3) is 0.918. The van der Waals surface area contributed by atoms with Crippen LogP contribution in [0.4, 0.5) is 0 Å². The molecule has 2 nitrogen and oxygen atoms in total. The molecule has 3 atom stereocenters. The minimum atomic E-state index is 0.0231. The van der Waals surface area contributed by atoms with Gasteiger partial charge < -0.3 is 4.74 Å². The molecule has 72 valence electrons.